The summed E-state index contributed by atoms with van der Waals surface area (Å²) in [5.74, 6) is 1.15. The van der Waals surface area contributed by atoms with Crippen LogP contribution < -0.4 is 4.57 Å². The maximum absolute atomic E-state index is 6.00. The van der Waals surface area contributed by atoms with Gasteiger partial charge in [-0.05, 0) is 18.2 Å². The Bertz CT molecular complexity index is 996. The number of hydrogen-bond donors (Lipinski definition) is 0. The van der Waals surface area contributed by atoms with Gasteiger partial charge in [-0.3, -0.25) is 9.97 Å². The van der Waals surface area contributed by atoms with E-state index in [1.54, 1.807) is 12.4 Å². The van der Waals surface area contributed by atoms with E-state index in [2.05, 4.69) is 32.2 Å². The van der Waals surface area contributed by atoms with E-state index in [-0.39, 0.29) is 0 Å². The molecule has 96 valence electrons. The zero-order valence-electron chi connectivity index (χ0n) is 10.9. The van der Waals surface area contributed by atoms with Gasteiger partial charge in [0.05, 0.1) is 29.9 Å². The molecule has 0 amide bonds. The van der Waals surface area contributed by atoms with Crippen LogP contribution in [-0.4, -0.2) is 14.5 Å². The molecule has 20 heavy (non-hydrogen) atoms. The van der Waals surface area contributed by atoms with Crippen LogP contribution in [0.1, 0.15) is 5.69 Å². The lowest BCUT2D eigenvalue weighted by Gasteiger charge is -1.94. The Morgan fingerprint density at radius 2 is 2.25 bits per heavy atom. The first-order chi connectivity index (χ1) is 9.84. The molecule has 5 heteroatoms. The van der Waals surface area contributed by atoms with Crippen LogP contribution in [-0.2, 0) is 13.6 Å². The van der Waals surface area contributed by atoms with E-state index >= 15 is 0 Å². The van der Waals surface area contributed by atoms with Crippen LogP contribution in [0.15, 0.2) is 41.2 Å². The highest BCUT2D eigenvalue weighted by molar-refractivity contribution is 6.01. The zero-order chi connectivity index (χ0) is 13.3. The van der Waals surface area contributed by atoms with Crippen LogP contribution >= 0.6 is 0 Å². The number of pyridine rings is 2. The molecule has 0 fully saturated rings. The van der Waals surface area contributed by atoms with Crippen LogP contribution in [0.25, 0.3) is 33.6 Å². The number of furan rings is 1. The Morgan fingerprint density at radius 3 is 3.20 bits per heavy atom. The monoisotopic (exact) mass is 263 g/mol. The van der Waals surface area contributed by atoms with Crippen molar-refractivity contribution in [2.75, 3.05) is 0 Å². The molecule has 0 unspecified atom stereocenters. The average molecular weight is 263 g/mol. The van der Waals surface area contributed by atoms with Crippen LogP contribution in [0.2, 0.25) is 0 Å². The van der Waals surface area contributed by atoms with Crippen molar-refractivity contribution in [2.24, 2.45) is 7.05 Å². The van der Waals surface area contributed by atoms with Crippen LogP contribution in [0.3, 0.4) is 0 Å². The predicted molar refractivity (Wildman–Crippen MR) is 73.0 cm³/mol. The SMILES string of the molecule is Cn1c2[n+](c3oc4cnccc4c31)Cc1ncccc1-2. The fourth-order valence-electron chi connectivity index (χ4n) is 3.20. The van der Waals surface area contributed by atoms with Crippen molar-refractivity contribution < 1.29 is 8.98 Å². The Hall–Kier alpha value is -2.69. The van der Waals surface area contributed by atoms with E-state index in [4.69, 9.17) is 4.42 Å². The molecule has 0 aromatic carbocycles. The molecule has 0 atom stereocenters. The minimum atomic E-state index is 0.760. The van der Waals surface area contributed by atoms with Gasteiger partial charge < -0.3 is 4.42 Å². The molecular weight excluding hydrogens is 252 g/mol. The molecule has 0 N–H and O–H groups in total. The van der Waals surface area contributed by atoms with Crippen molar-refractivity contribution in [3.8, 4) is 11.4 Å². The number of imidazole rings is 1. The molecule has 1 aliphatic rings. The van der Waals surface area contributed by atoms with E-state index in [0.717, 1.165) is 40.3 Å². The lowest BCUT2D eigenvalue weighted by atomic mass is 10.2. The summed E-state index contributed by atoms with van der Waals surface area (Å²) in [5, 5.41) is 1.10. The number of fused-ring (bicyclic) bond motifs is 7. The molecule has 4 aromatic heterocycles. The van der Waals surface area contributed by atoms with Gasteiger partial charge in [-0.25, -0.2) is 4.57 Å². The van der Waals surface area contributed by atoms with Crippen molar-refractivity contribution in [1.29, 1.82) is 0 Å². The second kappa shape index (κ2) is 3.25. The van der Waals surface area contributed by atoms with Gasteiger partial charge >= 0.3 is 5.71 Å². The molecule has 0 spiro atoms. The van der Waals surface area contributed by atoms with Crippen molar-refractivity contribution in [3.05, 3.63) is 42.5 Å². The van der Waals surface area contributed by atoms with Gasteiger partial charge in [0.25, 0.3) is 5.82 Å². The highest BCUT2D eigenvalue weighted by Gasteiger charge is 2.36. The van der Waals surface area contributed by atoms with Crippen molar-refractivity contribution in [3.63, 3.8) is 0 Å². The first-order valence-corrected chi connectivity index (χ1v) is 6.53. The van der Waals surface area contributed by atoms with Crippen LogP contribution in [0.5, 0.6) is 0 Å². The molecule has 0 radical (unpaired) electrons. The average Bonchev–Trinajstić information content (AvgIpc) is 3.10. The fraction of sp³-hybridized carbons (Fsp3) is 0.133. The highest BCUT2D eigenvalue weighted by Crippen LogP contribution is 2.34. The summed E-state index contributed by atoms with van der Waals surface area (Å²) >= 11 is 0. The van der Waals surface area contributed by atoms with E-state index in [9.17, 15) is 0 Å². The van der Waals surface area contributed by atoms with Crippen molar-refractivity contribution in [1.82, 2.24) is 14.5 Å². The summed E-state index contributed by atoms with van der Waals surface area (Å²) in [6.07, 6.45) is 5.41. The summed E-state index contributed by atoms with van der Waals surface area (Å²) in [5.41, 5.74) is 5.12. The minimum absolute atomic E-state index is 0.760. The predicted octanol–water partition coefficient (Wildman–Crippen LogP) is 2.03. The maximum Gasteiger partial charge on any atom is 0.339 e. The maximum atomic E-state index is 6.00. The lowest BCUT2D eigenvalue weighted by Crippen LogP contribution is -2.31. The highest BCUT2D eigenvalue weighted by atomic mass is 16.3. The van der Waals surface area contributed by atoms with Gasteiger partial charge in [-0.1, -0.05) is 0 Å². The quantitative estimate of drug-likeness (QED) is 0.402. The van der Waals surface area contributed by atoms with Crippen LogP contribution in [0, 0.1) is 0 Å². The van der Waals surface area contributed by atoms with E-state index in [1.165, 1.54) is 5.56 Å². The number of rotatable bonds is 0. The van der Waals surface area contributed by atoms with Crippen molar-refractivity contribution >= 4 is 22.2 Å². The molecule has 0 aliphatic carbocycles. The summed E-state index contributed by atoms with van der Waals surface area (Å²) in [7, 11) is 2.08. The number of aromatic nitrogens is 4. The summed E-state index contributed by atoms with van der Waals surface area (Å²) < 4.78 is 10.4. The topological polar surface area (TPSA) is 47.7 Å². The molecule has 0 bridgehead atoms. The summed E-state index contributed by atoms with van der Waals surface area (Å²) in [6, 6.07) is 6.09. The first-order valence-electron chi connectivity index (χ1n) is 6.53. The third kappa shape index (κ3) is 1.02. The third-order valence-corrected chi connectivity index (χ3v) is 4.04. The molecule has 5 nitrogen and oxygen atoms in total. The summed E-state index contributed by atoms with van der Waals surface area (Å²) in [4.78, 5) is 8.59. The minimum Gasteiger partial charge on any atom is -0.417 e. The first kappa shape index (κ1) is 10.1. The molecular formula is C15H11N4O+. The molecule has 1 aliphatic heterocycles. The van der Waals surface area contributed by atoms with E-state index in [1.807, 2.05) is 18.3 Å². The number of aryl methyl sites for hydroxylation is 1. The second-order valence-corrected chi connectivity index (χ2v) is 5.09. The van der Waals surface area contributed by atoms with E-state index in [0.29, 0.717) is 0 Å². The fourth-order valence-corrected chi connectivity index (χ4v) is 3.20. The normalized spacial score (nSPS) is 13.1. The van der Waals surface area contributed by atoms with Crippen molar-refractivity contribution in [2.45, 2.75) is 6.54 Å². The van der Waals surface area contributed by atoms with Gasteiger partial charge in [-0.15, -0.1) is 0 Å². The van der Waals surface area contributed by atoms with Gasteiger partial charge in [0.2, 0.25) is 5.52 Å². The van der Waals surface area contributed by atoms with Gasteiger partial charge in [0.15, 0.2) is 5.58 Å². The molecule has 0 saturated heterocycles. The Morgan fingerprint density at radius 1 is 1.30 bits per heavy atom. The molecule has 0 saturated carbocycles. The van der Waals surface area contributed by atoms with Gasteiger partial charge in [0, 0.05) is 12.4 Å². The molecule has 5 heterocycles. The standard InChI is InChI=1S/C15H11N4O/c1-18-13-10-4-6-16-7-12(10)20-15(13)19-8-11-9(14(18)19)3-2-5-17-11/h2-7H,8H2,1H3/q+1. The molecule has 5 rings (SSSR count). The lowest BCUT2D eigenvalue weighted by molar-refractivity contribution is -0.652. The Kier molecular flexibility index (Phi) is 1.65. The second-order valence-electron chi connectivity index (χ2n) is 5.09. The summed E-state index contributed by atoms with van der Waals surface area (Å²) in [6.45, 7) is 0.760. The third-order valence-electron chi connectivity index (χ3n) is 4.04. The van der Waals surface area contributed by atoms with Gasteiger partial charge in [0.1, 0.15) is 6.54 Å². The largest absolute Gasteiger partial charge is 0.417 e. The number of hydrogen-bond acceptors (Lipinski definition) is 3. The van der Waals surface area contributed by atoms with Gasteiger partial charge in [-0.2, -0.15) is 4.57 Å². The Balaban J connectivity index is 1.98. The Labute approximate surface area is 114 Å². The number of nitrogens with zero attached hydrogens (tertiary/aromatic N) is 4. The molecule has 4 aromatic rings. The van der Waals surface area contributed by atoms with E-state index < -0.39 is 0 Å². The zero-order valence-corrected chi connectivity index (χ0v) is 10.9. The van der Waals surface area contributed by atoms with Crippen LogP contribution in [0.4, 0.5) is 0 Å². The smallest absolute Gasteiger partial charge is 0.339 e.